The zero-order valence-electron chi connectivity index (χ0n) is 10.3. The summed E-state index contributed by atoms with van der Waals surface area (Å²) in [6, 6.07) is 3.33. The number of ether oxygens (including phenoxy) is 2. The van der Waals surface area contributed by atoms with Crippen molar-refractivity contribution in [2.45, 2.75) is 24.7 Å². The number of carboxylic acids is 1. The third-order valence-corrected chi connectivity index (χ3v) is 3.87. The van der Waals surface area contributed by atoms with Crippen molar-refractivity contribution in [3.05, 3.63) is 22.7 Å². The van der Waals surface area contributed by atoms with E-state index in [-0.39, 0.29) is 0 Å². The molecule has 0 spiro atoms. The van der Waals surface area contributed by atoms with E-state index in [1.165, 1.54) is 14.2 Å². The number of hydrogen-bond acceptors (Lipinski definition) is 3. The van der Waals surface area contributed by atoms with E-state index in [9.17, 15) is 9.90 Å². The van der Waals surface area contributed by atoms with E-state index in [2.05, 4.69) is 0 Å². The van der Waals surface area contributed by atoms with Crippen molar-refractivity contribution in [2.24, 2.45) is 0 Å². The summed E-state index contributed by atoms with van der Waals surface area (Å²) in [4.78, 5) is 11.5. The summed E-state index contributed by atoms with van der Waals surface area (Å²) in [6.07, 6.45) is 2.09. The van der Waals surface area contributed by atoms with E-state index in [0.29, 0.717) is 34.9 Å². The highest BCUT2D eigenvalue weighted by atomic mass is 35.5. The van der Waals surface area contributed by atoms with Crippen LogP contribution in [0.4, 0.5) is 0 Å². The Morgan fingerprint density at radius 3 is 2.39 bits per heavy atom. The fourth-order valence-corrected chi connectivity index (χ4v) is 2.66. The van der Waals surface area contributed by atoms with Crippen molar-refractivity contribution in [1.82, 2.24) is 0 Å². The quantitative estimate of drug-likeness (QED) is 0.914. The van der Waals surface area contributed by atoms with Gasteiger partial charge in [0.15, 0.2) is 0 Å². The maximum Gasteiger partial charge on any atom is 0.314 e. The van der Waals surface area contributed by atoms with E-state index in [4.69, 9.17) is 21.1 Å². The SMILES string of the molecule is COc1cc(Cl)c(OC)c(C2(C(=O)O)CCC2)c1. The lowest BCUT2D eigenvalue weighted by Gasteiger charge is -2.39. The van der Waals surface area contributed by atoms with Gasteiger partial charge < -0.3 is 14.6 Å². The van der Waals surface area contributed by atoms with Crippen LogP contribution in [0.15, 0.2) is 12.1 Å². The molecule has 1 N–H and O–H groups in total. The number of methoxy groups -OCH3 is 2. The Bertz CT molecular complexity index is 480. The van der Waals surface area contributed by atoms with Gasteiger partial charge in [-0.25, -0.2) is 0 Å². The molecule has 1 aromatic carbocycles. The van der Waals surface area contributed by atoms with Gasteiger partial charge in [-0.1, -0.05) is 18.0 Å². The Morgan fingerprint density at radius 1 is 1.33 bits per heavy atom. The van der Waals surface area contributed by atoms with E-state index in [1.807, 2.05) is 0 Å². The molecular weight excluding hydrogens is 256 g/mol. The zero-order chi connectivity index (χ0) is 13.3. The molecule has 0 radical (unpaired) electrons. The molecule has 1 aliphatic carbocycles. The van der Waals surface area contributed by atoms with Gasteiger partial charge in [0.25, 0.3) is 0 Å². The van der Waals surface area contributed by atoms with Crippen LogP contribution in [0.3, 0.4) is 0 Å². The Labute approximate surface area is 110 Å². The molecular formula is C13H15ClO4. The molecule has 1 fully saturated rings. The van der Waals surface area contributed by atoms with Crippen molar-refractivity contribution in [1.29, 1.82) is 0 Å². The van der Waals surface area contributed by atoms with Crippen LogP contribution in [0.5, 0.6) is 11.5 Å². The Morgan fingerprint density at radius 2 is 2.00 bits per heavy atom. The second-order valence-electron chi connectivity index (χ2n) is 4.43. The van der Waals surface area contributed by atoms with Gasteiger partial charge in [-0.15, -0.1) is 0 Å². The van der Waals surface area contributed by atoms with Crippen molar-refractivity contribution in [3.8, 4) is 11.5 Å². The summed E-state index contributed by atoms with van der Waals surface area (Å²) in [5.74, 6) is 0.138. The predicted octanol–water partition coefficient (Wildman–Crippen LogP) is 2.86. The number of halogens is 1. The van der Waals surface area contributed by atoms with E-state index in [0.717, 1.165) is 6.42 Å². The molecule has 1 aromatic rings. The minimum absolute atomic E-state index is 0.374. The van der Waals surface area contributed by atoms with E-state index in [1.54, 1.807) is 12.1 Å². The highest BCUT2D eigenvalue weighted by Gasteiger charge is 2.48. The van der Waals surface area contributed by atoms with Crippen LogP contribution in [0.1, 0.15) is 24.8 Å². The van der Waals surface area contributed by atoms with Gasteiger partial charge in [-0.05, 0) is 18.9 Å². The van der Waals surface area contributed by atoms with Gasteiger partial charge in [0.2, 0.25) is 0 Å². The van der Waals surface area contributed by atoms with Crippen LogP contribution in [-0.2, 0) is 10.2 Å². The molecule has 0 amide bonds. The maximum absolute atomic E-state index is 11.5. The molecule has 18 heavy (non-hydrogen) atoms. The summed E-state index contributed by atoms with van der Waals surface area (Å²) in [5.41, 5.74) is -0.281. The van der Waals surface area contributed by atoms with Crippen molar-refractivity contribution >= 4 is 17.6 Å². The minimum Gasteiger partial charge on any atom is -0.497 e. The summed E-state index contributed by atoms with van der Waals surface area (Å²) in [6.45, 7) is 0. The summed E-state index contributed by atoms with van der Waals surface area (Å²) < 4.78 is 10.4. The van der Waals surface area contributed by atoms with Gasteiger partial charge >= 0.3 is 5.97 Å². The Balaban J connectivity index is 2.61. The summed E-state index contributed by atoms with van der Waals surface area (Å²) >= 11 is 6.11. The number of benzene rings is 1. The molecule has 0 saturated heterocycles. The molecule has 1 aliphatic rings. The van der Waals surface area contributed by atoms with Crippen molar-refractivity contribution < 1.29 is 19.4 Å². The first-order chi connectivity index (χ1) is 8.55. The molecule has 0 bridgehead atoms. The topological polar surface area (TPSA) is 55.8 Å². The van der Waals surface area contributed by atoms with E-state index >= 15 is 0 Å². The van der Waals surface area contributed by atoms with Gasteiger partial charge in [-0.3, -0.25) is 4.79 Å². The minimum atomic E-state index is -0.885. The van der Waals surface area contributed by atoms with Crippen LogP contribution in [-0.4, -0.2) is 25.3 Å². The van der Waals surface area contributed by atoms with E-state index < -0.39 is 11.4 Å². The fourth-order valence-electron chi connectivity index (χ4n) is 2.38. The summed E-state index contributed by atoms with van der Waals surface area (Å²) in [7, 11) is 3.02. The molecule has 0 unspecified atom stereocenters. The number of carbonyl (C=O) groups is 1. The Hall–Kier alpha value is -1.42. The number of hydrogen-bond donors (Lipinski definition) is 1. The monoisotopic (exact) mass is 270 g/mol. The molecule has 1 saturated carbocycles. The molecule has 0 aromatic heterocycles. The van der Waals surface area contributed by atoms with Crippen LogP contribution < -0.4 is 9.47 Å². The first kappa shape index (κ1) is 13.0. The second kappa shape index (κ2) is 4.69. The second-order valence-corrected chi connectivity index (χ2v) is 4.84. The lowest BCUT2D eigenvalue weighted by Crippen LogP contribution is -2.42. The fraction of sp³-hybridized carbons (Fsp3) is 0.462. The lowest BCUT2D eigenvalue weighted by molar-refractivity contribution is -0.147. The number of aliphatic carboxylic acids is 1. The first-order valence-corrected chi connectivity index (χ1v) is 6.08. The highest BCUT2D eigenvalue weighted by Crippen LogP contribution is 2.50. The van der Waals surface area contributed by atoms with Gasteiger partial charge in [-0.2, -0.15) is 0 Å². The van der Waals surface area contributed by atoms with Crippen LogP contribution in [0, 0.1) is 0 Å². The van der Waals surface area contributed by atoms with Crippen LogP contribution >= 0.6 is 11.6 Å². The standard InChI is InChI=1S/C13H15ClO4/c1-17-8-6-9(11(18-2)10(14)7-8)13(12(15)16)4-3-5-13/h6-7H,3-5H2,1-2H3,(H,15,16). The third-order valence-electron chi connectivity index (χ3n) is 3.59. The normalized spacial score (nSPS) is 16.8. The number of rotatable bonds is 4. The zero-order valence-corrected chi connectivity index (χ0v) is 11.1. The average Bonchev–Trinajstić information content (AvgIpc) is 2.26. The average molecular weight is 271 g/mol. The van der Waals surface area contributed by atoms with Gasteiger partial charge in [0.1, 0.15) is 11.5 Å². The number of carboxylic acid groups (broad SMARTS) is 1. The smallest absolute Gasteiger partial charge is 0.314 e. The first-order valence-electron chi connectivity index (χ1n) is 5.70. The Kier molecular flexibility index (Phi) is 3.39. The lowest BCUT2D eigenvalue weighted by atomic mass is 9.64. The molecule has 4 nitrogen and oxygen atoms in total. The molecule has 2 rings (SSSR count). The molecule has 98 valence electrons. The molecule has 0 heterocycles. The molecule has 0 atom stereocenters. The third kappa shape index (κ3) is 1.81. The molecule has 0 aliphatic heterocycles. The summed E-state index contributed by atoms with van der Waals surface area (Å²) in [5, 5.41) is 9.85. The van der Waals surface area contributed by atoms with Crippen molar-refractivity contribution in [3.63, 3.8) is 0 Å². The van der Waals surface area contributed by atoms with Gasteiger partial charge in [0, 0.05) is 11.6 Å². The largest absolute Gasteiger partial charge is 0.497 e. The van der Waals surface area contributed by atoms with Crippen molar-refractivity contribution in [2.75, 3.05) is 14.2 Å². The van der Waals surface area contributed by atoms with Crippen LogP contribution in [0.2, 0.25) is 5.02 Å². The highest BCUT2D eigenvalue weighted by molar-refractivity contribution is 6.32. The molecule has 5 heteroatoms. The van der Waals surface area contributed by atoms with Crippen LogP contribution in [0.25, 0.3) is 0 Å². The predicted molar refractivity (Wildman–Crippen MR) is 67.7 cm³/mol. The maximum atomic E-state index is 11.5. The van der Waals surface area contributed by atoms with Gasteiger partial charge in [0.05, 0.1) is 24.7 Å².